The Kier molecular flexibility index (Phi) is 4.46. The smallest absolute Gasteiger partial charge is 0.262 e. The van der Waals surface area contributed by atoms with Crippen molar-refractivity contribution in [1.29, 1.82) is 0 Å². The molecule has 0 heterocycles. The lowest BCUT2D eigenvalue weighted by atomic mass is 10.2. The lowest BCUT2D eigenvalue weighted by molar-refractivity contribution is 0.598. The highest BCUT2D eigenvalue weighted by Gasteiger charge is 2.22. The topological polar surface area (TPSA) is 72.2 Å². The maximum Gasteiger partial charge on any atom is 0.262 e. The molecule has 112 valence electrons. The van der Waals surface area contributed by atoms with Crippen LogP contribution >= 0.6 is 27.5 Å². The molecule has 0 saturated carbocycles. The number of anilines is 2. The van der Waals surface area contributed by atoms with Gasteiger partial charge in [0.25, 0.3) is 10.0 Å². The monoisotopic (exact) mass is 392 g/mol. The Morgan fingerprint density at radius 2 is 2.00 bits per heavy atom. The molecular formula is C13H11BrClFN2O2S. The molecule has 0 atom stereocenters. The molecule has 0 aliphatic heterocycles. The Morgan fingerprint density at radius 3 is 2.62 bits per heavy atom. The number of halogens is 3. The van der Waals surface area contributed by atoms with Gasteiger partial charge in [-0.3, -0.25) is 4.72 Å². The number of nitrogen functional groups attached to an aromatic ring is 1. The predicted octanol–water partition coefficient (Wildman–Crippen LogP) is 3.93. The van der Waals surface area contributed by atoms with Crippen molar-refractivity contribution in [2.45, 2.75) is 11.8 Å². The fourth-order valence-electron chi connectivity index (χ4n) is 1.74. The highest BCUT2D eigenvalue weighted by molar-refractivity contribution is 9.10. The minimum atomic E-state index is -4.02. The normalized spacial score (nSPS) is 11.4. The van der Waals surface area contributed by atoms with Crippen LogP contribution in [0, 0.1) is 12.7 Å². The van der Waals surface area contributed by atoms with Gasteiger partial charge in [0, 0.05) is 10.2 Å². The zero-order valence-corrected chi connectivity index (χ0v) is 14.0. The predicted molar refractivity (Wildman–Crippen MR) is 85.5 cm³/mol. The highest BCUT2D eigenvalue weighted by Crippen LogP contribution is 2.31. The van der Waals surface area contributed by atoms with Crippen LogP contribution in [0.3, 0.4) is 0 Å². The molecule has 21 heavy (non-hydrogen) atoms. The molecule has 2 aromatic carbocycles. The first kappa shape index (κ1) is 16.1. The van der Waals surface area contributed by atoms with E-state index in [1.165, 1.54) is 18.2 Å². The molecule has 8 heteroatoms. The lowest BCUT2D eigenvalue weighted by Crippen LogP contribution is -2.16. The molecule has 0 spiro atoms. The van der Waals surface area contributed by atoms with Gasteiger partial charge in [-0.05, 0) is 36.8 Å². The quantitative estimate of drug-likeness (QED) is 0.776. The maximum absolute atomic E-state index is 13.7. The second-order valence-corrected chi connectivity index (χ2v) is 7.29. The van der Waals surface area contributed by atoms with Gasteiger partial charge in [-0.2, -0.15) is 0 Å². The maximum atomic E-state index is 13.7. The average molecular weight is 394 g/mol. The van der Waals surface area contributed by atoms with Crippen molar-refractivity contribution in [3.63, 3.8) is 0 Å². The van der Waals surface area contributed by atoms with Crippen molar-refractivity contribution >= 4 is 48.9 Å². The van der Waals surface area contributed by atoms with Crippen molar-refractivity contribution in [2.75, 3.05) is 10.5 Å². The molecule has 0 aliphatic rings. The summed E-state index contributed by atoms with van der Waals surface area (Å²) in [5.41, 5.74) is 6.14. The lowest BCUT2D eigenvalue weighted by Gasteiger charge is -2.14. The summed E-state index contributed by atoms with van der Waals surface area (Å²) in [6.45, 7) is 1.57. The van der Waals surface area contributed by atoms with Crippen LogP contribution in [0.25, 0.3) is 0 Å². The van der Waals surface area contributed by atoms with Gasteiger partial charge >= 0.3 is 0 Å². The zero-order chi connectivity index (χ0) is 15.8. The summed E-state index contributed by atoms with van der Waals surface area (Å²) in [6.07, 6.45) is 0. The van der Waals surface area contributed by atoms with E-state index >= 15 is 0 Å². The number of benzene rings is 2. The van der Waals surface area contributed by atoms with Gasteiger partial charge in [-0.1, -0.05) is 33.6 Å². The average Bonchev–Trinajstić information content (AvgIpc) is 2.38. The van der Waals surface area contributed by atoms with Crippen molar-refractivity contribution in [3.05, 3.63) is 51.2 Å². The second kappa shape index (κ2) is 5.82. The summed E-state index contributed by atoms with van der Waals surface area (Å²) in [5, 5.41) is -0.0285. The summed E-state index contributed by atoms with van der Waals surface area (Å²) in [7, 11) is -4.02. The molecule has 3 N–H and O–H groups in total. The number of rotatable bonds is 3. The van der Waals surface area contributed by atoms with Gasteiger partial charge in [-0.25, -0.2) is 12.8 Å². The van der Waals surface area contributed by atoms with Gasteiger partial charge in [0.15, 0.2) is 0 Å². The van der Waals surface area contributed by atoms with E-state index in [1.54, 1.807) is 13.0 Å². The molecule has 0 amide bonds. The van der Waals surface area contributed by atoms with Crippen LogP contribution in [-0.2, 0) is 10.0 Å². The molecule has 0 aromatic heterocycles. The third-order valence-electron chi connectivity index (χ3n) is 2.85. The molecule has 2 rings (SSSR count). The van der Waals surface area contributed by atoms with E-state index in [4.69, 9.17) is 17.3 Å². The standard InChI is InChI=1S/C13H11BrClFN2O2S/c1-7-11(17)5-8(14)6-12(7)21(19,20)18-13-9(15)3-2-4-10(13)16/h2-6,18H,17H2,1H3. The summed E-state index contributed by atoms with van der Waals surface area (Å²) in [4.78, 5) is -0.0475. The molecule has 0 aliphatic carbocycles. The van der Waals surface area contributed by atoms with Crippen molar-refractivity contribution in [2.24, 2.45) is 0 Å². The van der Waals surface area contributed by atoms with Crippen LogP contribution in [0.5, 0.6) is 0 Å². The molecule has 0 saturated heterocycles. The highest BCUT2D eigenvalue weighted by atomic mass is 79.9. The second-order valence-electron chi connectivity index (χ2n) is 4.32. The first-order valence-electron chi connectivity index (χ1n) is 5.75. The largest absolute Gasteiger partial charge is 0.398 e. The Morgan fingerprint density at radius 1 is 1.33 bits per heavy atom. The van der Waals surface area contributed by atoms with Gasteiger partial charge in [0.1, 0.15) is 11.5 Å². The molecule has 0 bridgehead atoms. The Balaban J connectivity index is 2.54. The van der Waals surface area contributed by atoms with E-state index in [-0.39, 0.29) is 15.6 Å². The Labute approximate surface area is 135 Å². The molecule has 0 unspecified atom stereocenters. The van der Waals surface area contributed by atoms with Gasteiger partial charge in [0.05, 0.1) is 9.92 Å². The van der Waals surface area contributed by atoms with E-state index < -0.39 is 15.8 Å². The van der Waals surface area contributed by atoms with E-state index in [0.29, 0.717) is 15.7 Å². The van der Waals surface area contributed by atoms with E-state index in [2.05, 4.69) is 20.7 Å². The summed E-state index contributed by atoms with van der Waals surface area (Å²) in [5.74, 6) is -0.758. The van der Waals surface area contributed by atoms with Crippen LogP contribution in [0.4, 0.5) is 15.8 Å². The zero-order valence-electron chi connectivity index (χ0n) is 10.8. The number of hydrogen-bond donors (Lipinski definition) is 2. The first-order chi connectivity index (χ1) is 9.72. The van der Waals surface area contributed by atoms with Crippen molar-refractivity contribution < 1.29 is 12.8 Å². The van der Waals surface area contributed by atoms with E-state index in [1.807, 2.05) is 0 Å². The third-order valence-corrected chi connectivity index (χ3v) is 5.10. The minimum Gasteiger partial charge on any atom is -0.398 e. The molecule has 0 fully saturated rings. The summed E-state index contributed by atoms with van der Waals surface area (Å²) in [6, 6.07) is 6.88. The molecular weight excluding hydrogens is 383 g/mol. The Bertz CT molecular complexity index is 792. The summed E-state index contributed by atoms with van der Waals surface area (Å²) >= 11 is 9.01. The molecule has 4 nitrogen and oxygen atoms in total. The molecule has 2 aromatic rings. The van der Waals surface area contributed by atoms with Crippen LogP contribution < -0.4 is 10.5 Å². The number of hydrogen-bond acceptors (Lipinski definition) is 3. The SMILES string of the molecule is Cc1c(N)cc(Br)cc1S(=O)(=O)Nc1c(F)cccc1Cl. The van der Waals surface area contributed by atoms with Crippen molar-refractivity contribution in [3.8, 4) is 0 Å². The van der Waals surface area contributed by atoms with E-state index in [0.717, 1.165) is 6.07 Å². The van der Waals surface area contributed by atoms with Gasteiger partial charge < -0.3 is 5.73 Å². The Hall–Kier alpha value is -1.31. The fraction of sp³-hybridized carbons (Fsp3) is 0.0769. The van der Waals surface area contributed by atoms with E-state index in [9.17, 15) is 12.8 Å². The number of sulfonamides is 1. The summed E-state index contributed by atoms with van der Waals surface area (Å²) < 4.78 is 41.2. The number of nitrogens with two attached hydrogens (primary N) is 1. The van der Waals surface area contributed by atoms with Crippen molar-refractivity contribution in [1.82, 2.24) is 0 Å². The third kappa shape index (κ3) is 3.30. The van der Waals surface area contributed by atoms with Crippen LogP contribution in [0.2, 0.25) is 5.02 Å². The minimum absolute atomic E-state index is 0.0285. The van der Waals surface area contributed by atoms with Gasteiger partial charge in [0.2, 0.25) is 0 Å². The number of nitrogens with one attached hydrogen (secondary N) is 1. The van der Waals surface area contributed by atoms with Crippen LogP contribution in [-0.4, -0.2) is 8.42 Å². The van der Waals surface area contributed by atoms with Crippen LogP contribution in [0.15, 0.2) is 39.7 Å². The first-order valence-corrected chi connectivity index (χ1v) is 8.40. The molecule has 0 radical (unpaired) electrons. The van der Waals surface area contributed by atoms with Gasteiger partial charge in [-0.15, -0.1) is 0 Å². The fourth-order valence-corrected chi connectivity index (χ4v) is 4.02. The number of para-hydroxylation sites is 1. The van der Waals surface area contributed by atoms with Crippen LogP contribution in [0.1, 0.15) is 5.56 Å².